The number of piperidine rings is 1. The predicted octanol–water partition coefficient (Wildman–Crippen LogP) is 3.66. The van der Waals surface area contributed by atoms with E-state index in [2.05, 4.69) is 0 Å². The standard InChI is InChI=1S/C18H24ClNO5/c1-18(2,3)25-17(22)20-10-8-13(9-11-20)24-16(21)12-23-15-7-5-4-6-14(15)19/h4-7,13H,8-12H2,1-3H3. The summed E-state index contributed by atoms with van der Waals surface area (Å²) in [6, 6.07) is 6.94. The van der Waals surface area contributed by atoms with Gasteiger partial charge in [0.1, 0.15) is 17.5 Å². The van der Waals surface area contributed by atoms with E-state index in [1.165, 1.54) is 0 Å². The van der Waals surface area contributed by atoms with Gasteiger partial charge in [-0.15, -0.1) is 0 Å². The summed E-state index contributed by atoms with van der Waals surface area (Å²) in [6.45, 7) is 6.29. The van der Waals surface area contributed by atoms with Gasteiger partial charge in [-0.25, -0.2) is 9.59 Å². The molecular weight excluding hydrogens is 346 g/mol. The molecule has 7 heteroatoms. The van der Waals surface area contributed by atoms with Crippen LogP contribution in [-0.2, 0) is 14.3 Å². The molecule has 1 amide bonds. The van der Waals surface area contributed by atoms with E-state index >= 15 is 0 Å². The number of rotatable bonds is 4. The maximum absolute atomic E-state index is 12.0. The van der Waals surface area contributed by atoms with E-state index in [1.807, 2.05) is 20.8 Å². The Balaban J connectivity index is 1.72. The number of ether oxygens (including phenoxy) is 3. The first-order valence-electron chi connectivity index (χ1n) is 8.29. The predicted molar refractivity (Wildman–Crippen MR) is 93.9 cm³/mol. The molecule has 0 radical (unpaired) electrons. The highest BCUT2D eigenvalue weighted by Crippen LogP contribution is 2.23. The Morgan fingerprint density at radius 2 is 1.84 bits per heavy atom. The maximum Gasteiger partial charge on any atom is 0.410 e. The van der Waals surface area contributed by atoms with Crippen molar-refractivity contribution in [1.29, 1.82) is 0 Å². The summed E-state index contributed by atoms with van der Waals surface area (Å²) >= 11 is 5.96. The van der Waals surface area contributed by atoms with Crippen LogP contribution in [0, 0.1) is 0 Å². The number of likely N-dealkylation sites (tertiary alicyclic amines) is 1. The molecule has 0 aliphatic carbocycles. The van der Waals surface area contributed by atoms with Gasteiger partial charge in [0, 0.05) is 25.9 Å². The van der Waals surface area contributed by atoms with Crippen molar-refractivity contribution in [3.05, 3.63) is 29.3 Å². The zero-order valence-corrected chi connectivity index (χ0v) is 15.5. The van der Waals surface area contributed by atoms with E-state index in [-0.39, 0.29) is 18.8 Å². The second-order valence-corrected chi connectivity index (χ2v) is 7.28. The van der Waals surface area contributed by atoms with E-state index in [0.29, 0.717) is 36.7 Å². The molecule has 1 aromatic carbocycles. The highest BCUT2D eigenvalue weighted by molar-refractivity contribution is 6.32. The number of benzene rings is 1. The number of carbonyl (C=O) groups excluding carboxylic acids is 2. The monoisotopic (exact) mass is 369 g/mol. The van der Waals surface area contributed by atoms with Gasteiger partial charge in [-0.2, -0.15) is 0 Å². The normalized spacial score (nSPS) is 15.6. The lowest BCUT2D eigenvalue weighted by Crippen LogP contribution is -2.44. The highest BCUT2D eigenvalue weighted by Gasteiger charge is 2.28. The van der Waals surface area contributed by atoms with Gasteiger partial charge < -0.3 is 19.1 Å². The first-order chi connectivity index (χ1) is 11.7. The van der Waals surface area contributed by atoms with Gasteiger partial charge in [-0.3, -0.25) is 0 Å². The van der Waals surface area contributed by atoms with Gasteiger partial charge >= 0.3 is 12.1 Å². The highest BCUT2D eigenvalue weighted by atomic mass is 35.5. The second-order valence-electron chi connectivity index (χ2n) is 6.88. The maximum atomic E-state index is 12.0. The third kappa shape index (κ3) is 6.46. The van der Waals surface area contributed by atoms with Crippen LogP contribution in [0.25, 0.3) is 0 Å². The summed E-state index contributed by atoms with van der Waals surface area (Å²) in [7, 11) is 0. The Morgan fingerprint density at radius 3 is 2.44 bits per heavy atom. The first-order valence-corrected chi connectivity index (χ1v) is 8.67. The molecule has 0 saturated carbocycles. The first kappa shape index (κ1) is 19.4. The van der Waals surface area contributed by atoms with Gasteiger partial charge in [0.2, 0.25) is 0 Å². The van der Waals surface area contributed by atoms with Crippen molar-refractivity contribution in [3.63, 3.8) is 0 Å². The molecule has 0 atom stereocenters. The molecule has 0 N–H and O–H groups in total. The lowest BCUT2D eigenvalue weighted by molar-refractivity contribution is -0.153. The number of esters is 1. The van der Waals surface area contributed by atoms with Crippen LogP contribution in [0.1, 0.15) is 33.6 Å². The van der Waals surface area contributed by atoms with Gasteiger partial charge in [-0.05, 0) is 32.9 Å². The molecule has 0 bridgehead atoms. The van der Waals surface area contributed by atoms with Crippen molar-refractivity contribution in [2.45, 2.75) is 45.3 Å². The Kier molecular flexibility index (Phi) is 6.53. The molecule has 1 heterocycles. The van der Waals surface area contributed by atoms with E-state index in [4.69, 9.17) is 25.8 Å². The van der Waals surface area contributed by atoms with Gasteiger partial charge in [-0.1, -0.05) is 23.7 Å². The van der Waals surface area contributed by atoms with Crippen LogP contribution in [0.2, 0.25) is 5.02 Å². The van der Waals surface area contributed by atoms with E-state index < -0.39 is 11.6 Å². The molecule has 138 valence electrons. The van der Waals surface area contributed by atoms with Crippen LogP contribution in [0.4, 0.5) is 4.79 Å². The Bertz CT molecular complexity index is 606. The van der Waals surface area contributed by atoms with Crippen LogP contribution in [0.3, 0.4) is 0 Å². The molecule has 1 aromatic rings. The number of para-hydroxylation sites is 1. The molecule has 6 nitrogen and oxygen atoms in total. The summed E-state index contributed by atoms with van der Waals surface area (Å²) in [5.41, 5.74) is -0.517. The Hall–Kier alpha value is -1.95. The smallest absolute Gasteiger partial charge is 0.410 e. The molecule has 1 saturated heterocycles. The zero-order chi connectivity index (χ0) is 18.4. The topological polar surface area (TPSA) is 65.1 Å². The third-order valence-electron chi connectivity index (χ3n) is 3.57. The van der Waals surface area contributed by atoms with Gasteiger partial charge in [0.25, 0.3) is 0 Å². The van der Waals surface area contributed by atoms with Crippen molar-refractivity contribution in [2.24, 2.45) is 0 Å². The lowest BCUT2D eigenvalue weighted by atomic mass is 10.1. The quantitative estimate of drug-likeness (QED) is 0.758. The minimum Gasteiger partial charge on any atom is -0.480 e. The van der Waals surface area contributed by atoms with Crippen molar-refractivity contribution < 1.29 is 23.8 Å². The fourth-order valence-electron chi connectivity index (χ4n) is 2.40. The van der Waals surface area contributed by atoms with Crippen LogP contribution < -0.4 is 4.74 Å². The number of nitrogens with zero attached hydrogens (tertiary/aromatic N) is 1. The minimum atomic E-state index is -0.517. The van der Waals surface area contributed by atoms with Crippen molar-refractivity contribution in [2.75, 3.05) is 19.7 Å². The fraction of sp³-hybridized carbons (Fsp3) is 0.556. The molecule has 0 aromatic heterocycles. The summed E-state index contributed by atoms with van der Waals surface area (Å²) in [6.07, 6.45) is 0.606. The SMILES string of the molecule is CC(C)(C)OC(=O)N1CCC(OC(=O)COc2ccccc2Cl)CC1. The van der Waals surface area contributed by atoms with E-state index in [1.54, 1.807) is 29.2 Å². The van der Waals surface area contributed by atoms with Crippen molar-refractivity contribution >= 4 is 23.7 Å². The summed E-state index contributed by atoms with van der Waals surface area (Å²) in [5.74, 6) is -0.00324. The van der Waals surface area contributed by atoms with Crippen LogP contribution in [-0.4, -0.2) is 48.4 Å². The summed E-state index contributed by atoms with van der Waals surface area (Å²) < 4.78 is 16.1. The molecule has 1 aliphatic heterocycles. The van der Waals surface area contributed by atoms with Gasteiger partial charge in [0.15, 0.2) is 6.61 Å². The second kappa shape index (κ2) is 8.43. The molecule has 1 aliphatic rings. The number of halogens is 1. The largest absolute Gasteiger partial charge is 0.480 e. The van der Waals surface area contributed by atoms with Crippen LogP contribution >= 0.6 is 11.6 Å². The van der Waals surface area contributed by atoms with Gasteiger partial charge in [0.05, 0.1) is 5.02 Å². The van der Waals surface area contributed by atoms with E-state index in [9.17, 15) is 9.59 Å². The Labute approximate surface area is 153 Å². The summed E-state index contributed by atoms with van der Waals surface area (Å²) in [4.78, 5) is 25.5. The zero-order valence-electron chi connectivity index (χ0n) is 14.8. The minimum absolute atomic E-state index is 0.198. The van der Waals surface area contributed by atoms with Crippen LogP contribution in [0.5, 0.6) is 5.75 Å². The number of hydrogen-bond donors (Lipinski definition) is 0. The average Bonchev–Trinajstić information content (AvgIpc) is 2.53. The third-order valence-corrected chi connectivity index (χ3v) is 3.89. The number of amides is 1. The molecule has 0 unspecified atom stereocenters. The fourth-order valence-corrected chi connectivity index (χ4v) is 2.59. The van der Waals surface area contributed by atoms with E-state index in [0.717, 1.165) is 0 Å². The molecule has 1 fully saturated rings. The molecular formula is C18H24ClNO5. The van der Waals surface area contributed by atoms with Crippen LogP contribution in [0.15, 0.2) is 24.3 Å². The van der Waals surface area contributed by atoms with Crippen molar-refractivity contribution in [3.8, 4) is 5.75 Å². The molecule has 0 spiro atoms. The average molecular weight is 370 g/mol. The van der Waals surface area contributed by atoms with Crippen molar-refractivity contribution in [1.82, 2.24) is 4.90 Å². The number of carbonyl (C=O) groups is 2. The summed E-state index contributed by atoms with van der Waals surface area (Å²) in [5, 5.41) is 0.445. The lowest BCUT2D eigenvalue weighted by Gasteiger charge is -2.33. The molecule has 25 heavy (non-hydrogen) atoms. The Morgan fingerprint density at radius 1 is 1.20 bits per heavy atom. The molecule has 2 rings (SSSR count). The number of hydrogen-bond acceptors (Lipinski definition) is 5.